The standard InChI is InChI=1S/C73H122O6/c1-4-7-10-13-16-19-22-25-28-30-31-32-33-34-35-36-37-38-39-40-41-43-45-48-51-54-57-60-63-66-72(75)78-69-70(68-77-71(74)65-62-59-56-53-50-47-44-27-24-21-18-15-12-9-6-3)79-73(76)67-64-61-58-55-52-49-46-42-29-26-23-20-17-14-11-8-5-2/h8-9,11-12,17-18,20-22,25-27,29-31,44,46,49-50,53,70H,4-7,10,13-16,19,23-24,28,32-43,45,47-48,51-52,54-69H2,1-3H3/b11-8-,12-9-,20-17-,21-18-,25-22-,29-26-,31-30-,44-27-,49-46-,53-50-. The van der Waals surface area contributed by atoms with Gasteiger partial charge in [0.05, 0.1) is 0 Å². The van der Waals surface area contributed by atoms with E-state index in [0.717, 1.165) is 128 Å². The van der Waals surface area contributed by atoms with Gasteiger partial charge < -0.3 is 14.2 Å². The summed E-state index contributed by atoms with van der Waals surface area (Å²) in [5.41, 5.74) is 0. The Morgan fingerprint density at radius 3 is 0.797 bits per heavy atom. The van der Waals surface area contributed by atoms with Gasteiger partial charge in [-0.25, -0.2) is 0 Å². The average Bonchev–Trinajstić information content (AvgIpc) is 3.45. The van der Waals surface area contributed by atoms with Crippen molar-refractivity contribution < 1.29 is 28.6 Å². The molecule has 450 valence electrons. The van der Waals surface area contributed by atoms with Crippen molar-refractivity contribution in [2.24, 2.45) is 0 Å². The Morgan fingerprint density at radius 1 is 0.266 bits per heavy atom. The summed E-state index contributed by atoms with van der Waals surface area (Å²) >= 11 is 0. The molecular weight excluding hydrogens is 973 g/mol. The van der Waals surface area contributed by atoms with Crippen LogP contribution in [0.3, 0.4) is 0 Å². The van der Waals surface area contributed by atoms with Gasteiger partial charge in [0.1, 0.15) is 13.2 Å². The van der Waals surface area contributed by atoms with Crippen LogP contribution in [0.2, 0.25) is 0 Å². The highest BCUT2D eigenvalue weighted by molar-refractivity contribution is 5.71. The first-order valence-corrected chi connectivity index (χ1v) is 33.0. The van der Waals surface area contributed by atoms with E-state index in [0.29, 0.717) is 12.8 Å². The quantitative estimate of drug-likeness (QED) is 0.0261. The number of rotatable bonds is 59. The molecule has 0 fully saturated rings. The van der Waals surface area contributed by atoms with Gasteiger partial charge in [-0.3, -0.25) is 14.4 Å². The van der Waals surface area contributed by atoms with Crippen molar-refractivity contribution in [1.29, 1.82) is 0 Å². The Hall–Kier alpha value is -4.19. The van der Waals surface area contributed by atoms with Gasteiger partial charge in [0.2, 0.25) is 0 Å². The van der Waals surface area contributed by atoms with Gasteiger partial charge in [0.15, 0.2) is 6.10 Å². The van der Waals surface area contributed by atoms with Crippen molar-refractivity contribution >= 4 is 17.9 Å². The first-order chi connectivity index (χ1) is 39.0. The Morgan fingerprint density at radius 2 is 0.494 bits per heavy atom. The third-order valence-corrected chi connectivity index (χ3v) is 13.9. The Balaban J connectivity index is 4.32. The molecule has 0 aromatic rings. The summed E-state index contributed by atoms with van der Waals surface area (Å²) in [7, 11) is 0. The molecule has 0 aromatic carbocycles. The van der Waals surface area contributed by atoms with Crippen LogP contribution in [0, 0.1) is 0 Å². The number of unbranched alkanes of at least 4 members (excludes halogenated alkanes) is 28. The fourth-order valence-electron chi connectivity index (χ4n) is 9.04. The van der Waals surface area contributed by atoms with E-state index in [9.17, 15) is 14.4 Å². The van der Waals surface area contributed by atoms with Crippen molar-refractivity contribution in [3.8, 4) is 0 Å². The van der Waals surface area contributed by atoms with Crippen molar-refractivity contribution in [3.05, 3.63) is 122 Å². The lowest BCUT2D eigenvalue weighted by molar-refractivity contribution is -0.167. The summed E-state index contributed by atoms with van der Waals surface area (Å²) in [5, 5.41) is 0. The number of hydrogen-bond acceptors (Lipinski definition) is 6. The number of hydrogen-bond donors (Lipinski definition) is 0. The van der Waals surface area contributed by atoms with Crippen LogP contribution >= 0.6 is 0 Å². The van der Waals surface area contributed by atoms with Gasteiger partial charge in [0, 0.05) is 19.3 Å². The first-order valence-electron chi connectivity index (χ1n) is 33.0. The minimum Gasteiger partial charge on any atom is -0.462 e. The average molecular weight is 1100 g/mol. The summed E-state index contributed by atoms with van der Waals surface area (Å²) in [6.07, 6.45) is 92.2. The maximum atomic E-state index is 12.9. The molecule has 0 aliphatic rings. The molecule has 6 heteroatoms. The minimum atomic E-state index is -0.812. The van der Waals surface area contributed by atoms with Gasteiger partial charge in [-0.05, 0) is 128 Å². The molecule has 0 amide bonds. The molecule has 1 unspecified atom stereocenters. The van der Waals surface area contributed by atoms with Crippen molar-refractivity contribution in [2.75, 3.05) is 13.2 Å². The summed E-state index contributed by atoms with van der Waals surface area (Å²) in [6, 6.07) is 0. The van der Waals surface area contributed by atoms with Gasteiger partial charge in [-0.15, -0.1) is 0 Å². The summed E-state index contributed by atoms with van der Waals surface area (Å²) in [4.78, 5) is 38.3. The van der Waals surface area contributed by atoms with Crippen LogP contribution in [0.1, 0.15) is 303 Å². The molecular formula is C73H122O6. The molecule has 6 nitrogen and oxygen atoms in total. The van der Waals surface area contributed by atoms with Gasteiger partial charge in [-0.2, -0.15) is 0 Å². The van der Waals surface area contributed by atoms with E-state index in [-0.39, 0.29) is 37.5 Å². The van der Waals surface area contributed by atoms with E-state index in [2.05, 4.69) is 142 Å². The van der Waals surface area contributed by atoms with Crippen molar-refractivity contribution in [1.82, 2.24) is 0 Å². The molecule has 0 aliphatic heterocycles. The van der Waals surface area contributed by atoms with Crippen LogP contribution < -0.4 is 0 Å². The second kappa shape index (κ2) is 66.3. The number of esters is 3. The third-order valence-electron chi connectivity index (χ3n) is 13.9. The smallest absolute Gasteiger partial charge is 0.306 e. The van der Waals surface area contributed by atoms with E-state index in [4.69, 9.17) is 14.2 Å². The molecule has 0 spiro atoms. The van der Waals surface area contributed by atoms with E-state index in [1.54, 1.807) is 0 Å². The lowest BCUT2D eigenvalue weighted by Crippen LogP contribution is -2.30. The van der Waals surface area contributed by atoms with Crippen molar-refractivity contribution in [3.63, 3.8) is 0 Å². The van der Waals surface area contributed by atoms with Crippen LogP contribution in [0.15, 0.2) is 122 Å². The Labute approximate surface area is 488 Å². The van der Waals surface area contributed by atoms with Crippen LogP contribution in [-0.4, -0.2) is 37.2 Å². The maximum Gasteiger partial charge on any atom is 0.306 e. The lowest BCUT2D eigenvalue weighted by atomic mass is 10.0. The second-order valence-corrected chi connectivity index (χ2v) is 21.6. The molecule has 79 heavy (non-hydrogen) atoms. The lowest BCUT2D eigenvalue weighted by Gasteiger charge is -2.18. The molecule has 0 aromatic heterocycles. The number of carbonyl (C=O) groups is 3. The summed E-state index contributed by atoms with van der Waals surface area (Å²) in [6.45, 7) is 6.36. The predicted octanol–water partition coefficient (Wildman–Crippen LogP) is 22.8. The molecule has 0 rings (SSSR count). The summed E-state index contributed by atoms with van der Waals surface area (Å²) < 4.78 is 16.9. The van der Waals surface area contributed by atoms with Gasteiger partial charge >= 0.3 is 17.9 Å². The topological polar surface area (TPSA) is 78.9 Å². The molecule has 0 bridgehead atoms. The van der Waals surface area contributed by atoms with E-state index in [1.165, 1.54) is 135 Å². The maximum absolute atomic E-state index is 12.9. The minimum absolute atomic E-state index is 0.102. The number of allylic oxidation sites excluding steroid dienone is 20. The normalized spacial score (nSPS) is 12.9. The highest BCUT2D eigenvalue weighted by Gasteiger charge is 2.19. The van der Waals surface area contributed by atoms with Crippen molar-refractivity contribution in [2.45, 2.75) is 309 Å². The summed E-state index contributed by atoms with van der Waals surface area (Å²) in [5.74, 6) is -0.964. The highest BCUT2D eigenvalue weighted by atomic mass is 16.6. The highest BCUT2D eigenvalue weighted by Crippen LogP contribution is 2.16. The van der Waals surface area contributed by atoms with Gasteiger partial charge in [-0.1, -0.05) is 277 Å². The number of carbonyl (C=O) groups excluding carboxylic acids is 3. The Kier molecular flexibility index (Phi) is 62.8. The molecule has 0 N–H and O–H groups in total. The monoisotopic (exact) mass is 1090 g/mol. The second-order valence-electron chi connectivity index (χ2n) is 21.6. The predicted molar refractivity (Wildman–Crippen MR) is 343 cm³/mol. The van der Waals surface area contributed by atoms with E-state index >= 15 is 0 Å². The zero-order chi connectivity index (χ0) is 57.1. The van der Waals surface area contributed by atoms with Crippen LogP contribution in [0.4, 0.5) is 0 Å². The third kappa shape index (κ3) is 64.5. The molecule has 0 heterocycles. The fourth-order valence-corrected chi connectivity index (χ4v) is 9.04. The van der Waals surface area contributed by atoms with Crippen LogP contribution in [-0.2, 0) is 28.6 Å². The molecule has 0 saturated heterocycles. The molecule has 0 radical (unpaired) electrons. The first kappa shape index (κ1) is 74.8. The molecule has 0 aliphatic carbocycles. The zero-order valence-electron chi connectivity index (χ0n) is 51.6. The fraction of sp³-hybridized carbons (Fsp3) is 0.685. The van der Waals surface area contributed by atoms with E-state index < -0.39 is 6.10 Å². The molecule has 1 atom stereocenters. The van der Waals surface area contributed by atoms with E-state index in [1.807, 2.05) is 0 Å². The largest absolute Gasteiger partial charge is 0.462 e. The zero-order valence-corrected chi connectivity index (χ0v) is 51.6. The molecule has 0 saturated carbocycles. The Bertz CT molecular complexity index is 1640. The SMILES string of the molecule is CC/C=C\C/C=C\C/C=C\C/C=C\CCCCCCC(=O)OC(COC(=O)CCCC/C=C\C/C=C\C/C=C\C/C=C\CC)COC(=O)CCCCCCCCCCCCCCCCCCC/C=C\C/C=C\CCCCCCC. The van der Waals surface area contributed by atoms with Crippen LogP contribution in [0.25, 0.3) is 0 Å². The van der Waals surface area contributed by atoms with Crippen LogP contribution in [0.5, 0.6) is 0 Å². The van der Waals surface area contributed by atoms with Gasteiger partial charge in [0.25, 0.3) is 0 Å². The number of ether oxygens (including phenoxy) is 3.